The van der Waals surface area contributed by atoms with Crippen LogP contribution in [0.4, 0.5) is 13.2 Å². The van der Waals surface area contributed by atoms with E-state index in [-0.39, 0.29) is 15.8 Å². The van der Waals surface area contributed by atoms with Crippen LogP contribution < -0.4 is 10.1 Å². The third kappa shape index (κ3) is 5.68. The van der Waals surface area contributed by atoms with E-state index in [1.54, 1.807) is 5.32 Å². The molecular formula is C11H8Cl2F3NO4. The van der Waals surface area contributed by atoms with Crippen molar-refractivity contribution >= 4 is 35.1 Å². The van der Waals surface area contributed by atoms with Crippen LogP contribution >= 0.6 is 23.2 Å². The summed E-state index contributed by atoms with van der Waals surface area (Å²) < 4.78 is 40.5. The Hall–Kier alpha value is -1.67. The molecule has 0 aliphatic carbocycles. The van der Waals surface area contributed by atoms with Gasteiger partial charge in [0.05, 0.1) is 5.02 Å². The lowest BCUT2D eigenvalue weighted by Gasteiger charge is -2.12. The van der Waals surface area contributed by atoms with E-state index in [2.05, 4.69) is 0 Å². The monoisotopic (exact) mass is 345 g/mol. The third-order valence-electron chi connectivity index (χ3n) is 2.07. The molecule has 0 aromatic heterocycles. The van der Waals surface area contributed by atoms with E-state index < -0.39 is 36.8 Å². The van der Waals surface area contributed by atoms with Crippen LogP contribution in [-0.2, 0) is 4.79 Å². The fourth-order valence-corrected chi connectivity index (χ4v) is 1.80. The predicted molar refractivity (Wildman–Crippen MR) is 68.0 cm³/mol. The Bertz CT molecular complexity index is 563. The summed E-state index contributed by atoms with van der Waals surface area (Å²) in [5.74, 6) is -2.84. The average molecular weight is 346 g/mol. The molecule has 1 aromatic rings. The largest absolute Gasteiger partial charge is 0.481 e. The van der Waals surface area contributed by atoms with Gasteiger partial charge in [0.25, 0.3) is 5.91 Å². The van der Waals surface area contributed by atoms with Gasteiger partial charge in [0.1, 0.15) is 12.1 Å². The molecule has 116 valence electrons. The second-order valence-corrected chi connectivity index (χ2v) is 4.59. The number of carbonyl (C=O) groups excluding carboxylic acids is 1. The van der Waals surface area contributed by atoms with E-state index in [1.807, 2.05) is 0 Å². The zero-order valence-corrected chi connectivity index (χ0v) is 11.6. The number of carboxylic acids is 1. The van der Waals surface area contributed by atoms with Crippen LogP contribution in [0.3, 0.4) is 0 Å². The standard InChI is InChI=1S/C11H8Cl2F3NO4/c12-5-1-6(10(19)20)9(7(13)2-5)21-3-8(18)17-4-11(14,15)16/h1-2H,3-4H2,(H,17,18)(H,19,20). The first-order valence-corrected chi connectivity index (χ1v) is 6.04. The second-order valence-electron chi connectivity index (χ2n) is 3.75. The molecule has 0 heterocycles. The highest BCUT2D eigenvalue weighted by Gasteiger charge is 2.28. The first-order valence-electron chi connectivity index (χ1n) is 5.28. The van der Waals surface area contributed by atoms with Gasteiger partial charge in [-0.3, -0.25) is 4.79 Å². The molecule has 0 bridgehead atoms. The summed E-state index contributed by atoms with van der Waals surface area (Å²) in [5, 5.41) is 10.4. The fraction of sp³-hybridized carbons (Fsp3) is 0.273. The van der Waals surface area contributed by atoms with E-state index in [0.717, 1.165) is 6.07 Å². The van der Waals surface area contributed by atoms with Crippen LogP contribution in [0.15, 0.2) is 12.1 Å². The maximum Gasteiger partial charge on any atom is 0.405 e. The first-order chi connectivity index (χ1) is 9.60. The summed E-state index contributed by atoms with van der Waals surface area (Å²) in [7, 11) is 0. The number of hydrogen-bond acceptors (Lipinski definition) is 3. The molecule has 21 heavy (non-hydrogen) atoms. The number of rotatable bonds is 5. The van der Waals surface area contributed by atoms with Gasteiger partial charge in [0.15, 0.2) is 12.4 Å². The van der Waals surface area contributed by atoms with Gasteiger partial charge in [-0.05, 0) is 12.1 Å². The highest BCUT2D eigenvalue weighted by molar-refractivity contribution is 6.36. The molecular weight excluding hydrogens is 338 g/mol. The zero-order chi connectivity index (χ0) is 16.2. The van der Waals surface area contributed by atoms with Crippen molar-refractivity contribution in [2.75, 3.05) is 13.2 Å². The van der Waals surface area contributed by atoms with Crippen LogP contribution in [0.25, 0.3) is 0 Å². The molecule has 2 N–H and O–H groups in total. The molecule has 0 saturated heterocycles. The Morgan fingerprint density at radius 1 is 1.29 bits per heavy atom. The van der Waals surface area contributed by atoms with Gasteiger partial charge in [-0.25, -0.2) is 4.79 Å². The lowest BCUT2D eigenvalue weighted by Crippen LogP contribution is -2.36. The summed E-state index contributed by atoms with van der Waals surface area (Å²) >= 11 is 11.3. The summed E-state index contributed by atoms with van der Waals surface area (Å²) in [6.07, 6.45) is -4.56. The molecule has 5 nitrogen and oxygen atoms in total. The quantitative estimate of drug-likeness (QED) is 0.860. The van der Waals surface area contributed by atoms with Crippen molar-refractivity contribution in [3.05, 3.63) is 27.7 Å². The number of carbonyl (C=O) groups is 2. The van der Waals surface area contributed by atoms with Crippen molar-refractivity contribution in [1.29, 1.82) is 0 Å². The smallest absolute Gasteiger partial charge is 0.405 e. The molecule has 0 radical (unpaired) electrons. The predicted octanol–water partition coefficient (Wildman–Crippen LogP) is 2.75. The molecule has 1 aromatic carbocycles. The van der Waals surface area contributed by atoms with Crippen molar-refractivity contribution in [1.82, 2.24) is 5.32 Å². The molecule has 0 unspecified atom stereocenters. The molecule has 0 aliphatic rings. The van der Waals surface area contributed by atoms with E-state index in [9.17, 15) is 22.8 Å². The molecule has 0 fully saturated rings. The van der Waals surface area contributed by atoms with Gasteiger partial charge >= 0.3 is 12.1 Å². The minimum absolute atomic E-state index is 0.0336. The lowest BCUT2D eigenvalue weighted by atomic mass is 10.2. The van der Waals surface area contributed by atoms with Crippen molar-refractivity contribution < 1.29 is 32.6 Å². The van der Waals surface area contributed by atoms with Gasteiger partial charge in [0.2, 0.25) is 0 Å². The molecule has 0 spiro atoms. The number of amides is 1. The third-order valence-corrected chi connectivity index (χ3v) is 2.57. The van der Waals surface area contributed by atoms with Crippen molar-refractivity contribution in [3.63, 3.8) is 0 Å². The Labute approximate surface area is 126 Å². The van der Waals surface area contributed by atoms with Crippen molar-refractivity contribution in [2.24, 2.45) is 0 Å². The van der Waals surface area contributed by atoms with Gasteiger partial charge in [-0.2, -0.15) is 13.2 Å². The Balaban J connectivity index is 2.75. The number of ether oxygens (including phenoxy) is 1. The normalized spacial score (nSPS) is 11.1. The lowest BCUT2D eigenvalue weighted by molar-refractivity contribution is -0.139. The molecule has 0 atom stereocenters. The number of carboxylic acid groups (broad SMARTS) is 1. The highest BCUT2D eigenvalue weighted by atomic mass is 35.5. The van der Waals surface area contributed by atoms with Gasteiger partial charge in [-0.1, -0.05) is 23.2 Å². The van der Waals surface area contributed by atoms with Crippen molar-refractivity contribution in [3.8, 4) is 5.75 Å². The number of aromatic carboxylic acids is 1. The number of benzene rings is 1. The number of alkyl halides is 3. The van der Waals surface area contributed by atoms with E-state index in [1.165, 1.54) is 6.07 Å². The molecule has 10 heteroatoms. The van der Waals surface area contributed by atoms with Crippen LogP contribution in [-0.4, -0.2) is 36.3 Å². The summed E-state index contributed by atoms with van der Waals surface area (Å²) in [5.41, 5.74) is -0.406. The second kappa shape index (κ2) is 6.86. The van der Waals surface area contributed by atoms with Crippen LogP contribution in [0.2, 0.25) is 10.0 Å². The SMILES string of the molecule is O=C(COc1c(Cl)cc(Cl)cc1C(=O)O)NCC(F)(F)F. The topological polar surface area (TPSA) is 75.6 Å². The Morgan fingerprint density at radius 2 is 1.90 bits per heavy atom. The van der Waals surface area contributed by atoms with E-state index in [0.29, 0.717) is 0 Å². The van der Waals surface area contributed by atoms with Gasteiger partial charge in [-0.15, -0.1) is 0 Å². The number of hydrogen-bond donors (Lipinski definition) is 2. The molecule has 1 rings (SSSR count). The average Bonchev–Trinajstić information content (AvgIpc) is 2.33. The first kappa shape index (κ1) is 17.4. The maximum atomic E-state index is 11.9. The van der Waals surface area contributed by atoms with E-state index >= 15 is 0 Å². The fourth-order valence-electron chi connectivity index (χ4n) is 1.25. The summed E-state index contributed by atoms with van der Waals surface area (Å²) in [6, 6.07) is 2.22. The minimum atomic E-state index is -4.56. The van der Waals surface area contributed by atoms with Gasteiger partial charge in [0, 0.05) is 5.02 Å². The number of nitrogens with one attached hydrogen (secondary N) is 1. The Kier molecular flexibility index (Phi) is 5.68. The van der Waals surface area contributed by atoms with Crippen LogP contribution in [0.1, 0.15) is 10.4 Å². The molecule has 1 amide bonds. The van der Waals surface area contributed by atoms with Crippen LogP contribution in [0, 0.1) is 0 Å². The maximum absolute atomic E-state index is 11.9. The van der Waals surface area contributed by atoms with E-state index in [4.69, 9.17) is 33.0 Å². The molecule has 0 aliphatic heterocycles. The Morgan fingerprint density at radius 3 is 2.43 bits per heavy atom. The zero-order valence-electron chi connectivity index (χ0n) is 10.1. The number of halogens is 5. The summed E-state index contributed by atoms with van der Waals surface area (Å²) in [4.78, 5) is 22.2. The van der Waals surface area contributed by atoms with Crippen molar-refractivity contribution in [2.45, 2.75) is 6.18 Å². The van der Waals surface area contributed by atoms with Gasteiger partial charge < -0.3 is 15.2 Å². The van der Waals surface area contributed by atoms with Crippen LogP contribution in [0.5, 0.6) is 5.75 Å². The molecule has 0 saturated carbocycles. The summed E-state index contributed by atoms with van der Waals surface area (Å²) in [6.45, 7) is -2.34. The highest BCUT2D eigenvalue weighted by Crippen LogP contribution is 2.32. The minimum Gasteiger partial charge on any atom is -0.481 e.